The molecule has 0 spiro atoms. The lowest BCUT2D eigenvalue weighted by Gasteiger charge is -2.19. The van der Waals surface area contributed by atoms with Crippen LogP contribution in [0.5, 0.6) is 0 Å². The maximum absolute atomic E-state index is 12.7. The smallest absolute Gasteiger partial charge is 0.261 e. The van der Waals surface area contributed by atoms with E-state index in [1.807, 2.05) is 32.0 Å². The van der Waals surface area contributed by atoms with E-state index < -0.39 is 10.0 Å². The maximum Gasteiger partial charge on any atom is 0.261 e. The van der Waals surface area contributed by atoms with E-state index in [-0.39, 0.29) is 21.3 Å². The van der Waals surface area contributed by atoms with E-state index in [0.717, 1.165) is 16.7 Å². The Balaban J connectivity index is 1.61. The minimum Gasteiger partial charge on any atom is -0.332 e. The first-order chi connectivity index (χ1) is 15.8. The van der Waals surface area contributed by atoms with Crippen LogP contribution in [0.2, 0.25) is 0 Å². The monoisotopic (exact) mass is 495 g/mol. The fraction of sp³-hybridized carbons (Fsp3) is 0.231. The van der Waals surface area contributed by atoms with Gasteiger partial charge in [-0.05, 0) is 96.7 Å². The van der Waals surface area contributed by atoms with Gasteiger partial charge in [0, 0.05) is 16.9 Å². The zero-order chi connectivity index (χ0) is 25.1. The number of anilines is 2. The molecule has 0 aliphatic carbocycles. The minimum absolute atomic E-state index is 0.000104. The zero-order valence-corrected chi connectivity index (χ0v) is 21.5. The molecule has 0 saturated heterocycles. The fourth-order valence-corrected chi connectivity index (χ4v) is 4.46. The summed E-state index contributed by atoms with van der Waals surface area (Å²) in [5, 5.41) is 5.66. The van der Waals surface area contributed by atoms with Gasteiger partial charge in [0.1, 0.15) is 0 Å². The van der Waals surface area contributed by atoms with Crippen molar-refractivity contribution in [3.05, 3.63) is 89.0 Å². The predicted molar refractivity (Wildman–Crippen MR) is 142 cm³/mol. The van der Waals surface area contributed by atoms with E-state index in [4.69, 9.17) is 12.2 Å². The number of hydrogen-bond acceptors (Lipinski definition) is 4. The maximum atomic E-state index is 12.7. The van der Waals surface area contributed by atoms with E-state index >= 15 is 0 Å². The van der Waals surface area contributed by atoms with Crippen LogP contribution in [-0.4, -0.2) is 19.4 Å². The molecule has 0 saturated carbocycles. The average molecular weight is 496 g/mol. The van der Waals surface area contributed by atoms with Crippen molar-refractivity contribution in [1.29, 1.82) is 0 Å². The summed E-state index contributed by atoms with van der Waals surface area (Å²) in [6.45, 7) is 10.2. The molecular formula is C26H29N3O3S2. The molecule has 0 aliphatic rings. The van der Waals surface area contributed by atoms with Gasteiger partial charge in [-0.25, -0.2) is 8.42 Å². The molecule has 0 radical (unpaired) electrons. The summed E-state index contributed by atoms with van der Waals surface area (Å²) in [5.41, 5.74) is 4.77. The second-order valence-corrected chi connectivity index (χ2v) is 11.3. The zero-order valence-electron chi connectivity index (χ0n) is 19.9. The molecule has 3 aromatic carbocycles. The van der Waals surface area contributed by atoms with E-state index in [9.17, 15) is 13.2 Å². The Morgan fingerprint density at radius 2 is 1.41 bits per heavy atom. The summed E-state index contributed by atoms with van der Waals surface area (Å²) < 4.78 is 28.0. The molecule has 0 aliphatic heterocycles. The summed E-state index contributed by atoms with van der Waals surface area (Å²) in [4.78, 5) is 12.6. The molecule has 0 atom stereocenters. The van der Waals surface area contributed by atoms with Crippen LogP contribution in [-0.2, 0) is 15.4 Å². The van der Waals surface area contributed by atoms with Crippen molar-refractivity contribution in [3.8, 4) is 0 Å². The Kier molecular flexibility index (Phi) is 7.43. The van der Waals surface area contributed by atoms with E-state index in [1.54, 1.807) is 36.4 Å². The molecule has 1 amide bonds. The molecule has 6 nitrogen and oxygen atoms in total. The van der Waals surface area contributed by atoms with E-state index in [1.165, 1.54) is 12.1 Å². The highest BCUT2D eigenvalue weighted by Gasteiger charge is 2.16. The topological polar surface area (TPSA) is 87.3 Å². The first kappa shape index (κ1) is 25.4. The van der Waals surface area contributed by atoms with Gasteiger partial charge in [-0.1, -0.05) is 39.0 Å². The van der Waals surface area contributed by atoms with Crippen molar-refractivity contribution in [2.24, 2.45) is 0 Å². The number of aryl methyl sites for hydroxylation is 2. The van der Waals surface area contributed by atoms with Gasteiger partial charge in [0.2, 0.25) is 0 Å². The molecule has 3 N–H and O–H groups in total. The number of carbonyl (C=O) groups excluding carboxylic acids is 1. The van der Waals surface area contributed by atoms with Crippen molar-refractivity contribution < 1.29 is 13.2 Å². The minimum atomic E-state index is -3.74. The van der Waals surface area contributed by atoms with Gasteiger partial charge in [0.05, 0.1) is 4.90 Å². The van der Waals surface area contributed by atoms with Gasteiger partial charge < -0.3 is 5.32 Å². The molecule has 0 unspecified atom stereocenters. The molecule has 0 heterocycles. The van der Waals surface area contributed by atoms with Crippen molar-refractivity contribution in [2.45, 2.75) is 44.9 Å². The normalized spacial score (nSPS) is 11.6. The standard InChI is InChI=1S/C26H29N3O3S2/c1-17-6-11-22(16-18(17)2)29-34(31,32)23-14-12-21(13-15-23)27-25(33)28-24(30)19-7-9-20(10-8-19)26(3,4)5/h6-16,29H,1-5H3,(H2,27,28,30,33). The number of nitrogens with one attached hydrogen (secondary N) is 3. The van der Waals surface area contributed by atoms with Gasteiger partial charge in [0.15, 0.2) is 5.11 Å². The third kappa shape index (κ3) is 6.42. The lowest BCUT2D eigenvalue weighted by atomic mass is 9.87. The summed E-state index contributed by atoms with van der Waals surface area (Å²) in [5.74, 6) is -0.324. The summed E-state index contributed by atoms with van der Waals surface area (Å²) >= 11 is 5.24. The van der Waals surface area contributed by atoms with Gasteiger partial charge in [-0.2, -0.15) is 0 Å². The molecular weight excluding hydrogens is 466 g/mol. The van der Waals surface area contributed by atoms with Crippen LogP contribution < -0.4 is 15.4 Å². The first-order valence-electron chi connectivity index (χ1n) is 10.8. The quantitative estimate of drug-likeness (QED) is 0.405. The molecule has 0 aromatic heterocycles. The van der Waals surface area contributed by atoms with Crippen LogP contribution in [0.1, 0.15) is 47.8 Å². The number of thiocarbonyl (C=S) groups is 1. The van der Waals surface area contributed by atoms with Crippen LogP contribution in [0.4, 0.5) is 11.4 Å². The molecule has 3 aromatic rings. The largest absolute Gasteiger partial charge is 0.332 e. The van der Waals surface area contributed by atoms with Gasteiger partial charge in [0.25, 0.3) is 15.9 Å². The summed E-state index contributed by atoms with van der Waals surface area (Å²) in [6.07, 6.45) is 0. The van der Waals surface area contributed by atoms with E-state index in [2.05, 4.69) is 36.1 Å². The second kappa shape index (κ2) is 9.95. The van der Waals surface area contributed by atoms with Crippen LogP contribution in [0.25, 0.3) is 0 Å². The number of benzene rings is 3. The van der Waals surface area contributed by atoms with Crippen molar-refractivity contribution in [3.63, 3.8) is 0 Å². The Hall–Kier alpha value is -3.23. The Morgan fingerprint density at radius 3 is 1.97 bits per heavy atom. The molecule has 0 fully saturated rings. The highest BCUT2D eigenvalue weighted by molar-refractivity contribution is 7.92. The highest BCUT2D eigenvalue weighted by Crippen LogP contribution is 2.22. The lowest BCUT2D eigenvalue weighted by molar-refractivity contribution is 0.0977. The van der Waals surface area contributed by atoms with Crippen LogP contribution in [0.3, 0.4) is 0 Å². The number of amides is 1. The number of hydrogen-bond donors (Lipinski definition) is 3. The third-order valence-electron chi connectivity index (χ3n) is 5.42. The summed E-state index contributed by atoms with van der Waals surface area (Å²) in [7, 11) is -3.74. The third-order valence-corrected chi connectivity index (χ3v) is 7.02. The van der Waals surface area contributed by atoms with Crippen LogP contribution >= 0.6 is 12.2 Å². The summed E-state index contributed by atoms with van der Waals surface area (Å²) in [6, 6.07) is 18.9. The Bertz CT molecular complexity index is 1310. The predicted octanol–water partition coefficient (Wildman–Crippen LogP) is 5.53. The first-order valence-corrected chi connectivity index (χ1v) is 12.7. The fourth-order valence-electron chi connectivity index (χ4n) is 3.20. The van der Waals surface area contributed by atoms with Crippen molar-refractivity contribution in [2.75, 3.05) is 10.0 Å². The van der Waals surface area contributed by atoms with Gasteiger partial charge in [-0.15, -0.1) is 0 Å². The van der Waals surface area contributed by atoms with Gasteiger partial charge >= 0.3 is 0 Å². The Labute approximate surface area is 206 Å². The number of rotatable bonds is 5. The van der Waals surface area contributed by atoms with Crippen LogP contribution in [0, 0.1) is 13.8 Å². The molecule has 0 bridgehead atoms. The Morgan fingerprint density at radius 1 is 0.824 bits per heavy atom. The molecule has 3 rings (SSSR count). The molecule has 34 heavy (non-hydrogen) atoms. The van der Waals surface area contributed by atoms with Gasteiger partial charge in [-0.3, -0.25) is 14.8 Å². The molecule has 8 heteroatoms. The number of carbonyl (C=O) groups is 1. The second-order valence-electron chi connectivity index (χ2n) is 9.16. The lowest BCUT2D eigenvalue weighted by Crippen LogP contribution is -2.34. The number of sulfonamides is 1. The highest BCUT2D eigenvalue weighted by atomic mass is 32.2. The van der Waals surface area contributed by atoms with E-state index in [0.29, 0.717) is 16.9 Å². The SMILES string of the molecule is Cc1ccc(NS(=O)(=O)c2ccc(NC(=S)NC(=O)c3ccc(C(C)(C)C)cc3)cc2)cc1C. The van der Waals surface area contributed by atoms with Crippen molar-refractivity contribution in [1.82, 2.24) is 5.32 Å². The van der Waals surface area contributed by atoms with Crippen molar-refractivity contribution >= 4 is 44.6 Å². The average Bonchev–Trinajstić information content (AvgIpc) is 2.76. The molecule has 178 valence electrons. The van der Waals surface area contributed by atoms with Crippen LogP contribution in [0.15, 0.2) is 71.6 Å².